The third-order valence-electron chi connectivity index (χ3n) is 6.33. The maximum Gasteiger partial charge on any atom is 0.249 e. The van der Waals surface area contributed by atoms with Gasteiger partial charge in [-0.3, -0.25) is 14.1 Å². The van der Waals surface area contributed by atoms with Crippen molar-refractivity contribution in [1.82, 2.24) is 29.8 Å². The average molecular weight is 500 g/mol. The van der Waals surface area contributed by atoms with Crippen molar-refractivity contribution in [2.45, 2.75) is 39.7 Å². The monoisotopic (exact) mass is 499 g/mol. The first kappa shape index (κ1) is 26.1. The molecule has 3 N–H and O–H groups in total. The number of unbranched alkanes of at least 4 members (excludes halogenated alkanes) is 1. The molecule has 36 heavy (non-hydrogen) atoms. The predicted octanol–water partition coefficient (Wildman–Crippen LogP) is 1.62. The highest BCUT2D eigenvalue weighted by molar-refractivity contribution is 5.84. The molecule has 0 bridgehead atoms. The Kier molecular flexibility index (Phi) is 8.89. The van der Waals surface area contributed by atoms with Crippen molar-refractivity contribution in [3.8, 4) is 5.75 Å². The van der Waals surface area contributed by atoms with E-state index in [0.29, 0.717) is 31.2 Å². The van der Waals surface area contributed by atoms with E-state index in [2.05, 4.69) is 25.7 Å². The topological polar surface area (TPSA) is 126 Å². The van der Waals surface area contributed by atoms with Gasteiger partial charge < -0.3 is 25.2 Å². The molecule has 1 aromatic carbocycles. The molecule has 1 aliphatic heterocycles. The van der Waals surface area contributed by atoms with Gasteiger partial charge >= 0.3 is 0 Å². The minimum atomic E-state index is -0.970. The molecule has 11 heteroatoms. The van der Waals surface area contributed by atoms with Crippen molar-refractivity contribution in [2.24, 2.45) is 5.92 Å². The number of hydrogen-bond donors (Lipinski definition) is 3. The number of aryl methyl sites for hydroxylation is 1. The molecular formula is C25H37N7O4. The number of carbonyl (C=O) groups excluding carboxylic acids is 1. The molecule has 3 aromatic rings. The lowest BCUT2D eigenvalue weighted by Crippen LogP contribution is -2.38. The molecule has 11 nitrogen and oxygen atoms in total. The Morgan fingerprint density at radius 2 is 1.97 bits per heavy atom. The maximum atomic E-state index is 11.9. The molecule has 196 valence electrons. The van der Waals surface area contributed by atoms with Gasteiger partial charge in [-0.05, 0) is 37.8 Å². The number of aliphatic hydroxyl groups excluding tert-OH is 1. The highest BCUT2D eigenvalue weighted by atomic mass is 16.5. The number of ether oxygens (including phenoxy) is 2. The van der Waals surface area contributed by atoms with E-state index in [1.54, 1.807) is 0 Å². The van der Waals surface area contributed by atoms with Crippen molar-refractivity contribution in [3.63, 3.8) is 0 Å². The summed E-state index contributed by atoms with van der Waals surface area (Å²) in [6.07, 6.45) is 0.629. The number of amides is 1. The van der Waals surface area contributed by atoms with Gasteiger partial charge in [0.25, 0.3) is 0 Å². The van der Waals surface area contributed by atoms with Crippen LogP contribution >= 0.6 is 0 Å². The number of nitrogens with one attached hydrogen (secondary N) is 2. The zero-order valence-electron chi connectivity index (χ0n) is 21.4. The van der Waals surface area contributed by atoms with E-state index in [1.807, 2.05) is 43.4 Å². The largest absolute Gasteiger partial charge is 0.492 e. The van der Waals surface area contributed by atoms with E-state index in [0.717, 1.165) is 68.3 Å². The number of morpholine rings is 1. The number of nitrogens with zero attached hydrogens (tertiary/aromatic N) is 5. The lowest BCUT2D eigenvalue weighted by atomic mass is 10.1. The van der Waals surface area contributed by atoms with Gasteiger partial charge in [-0.1, -0.05) is 13.8 Å². The second-order valence-electron chi connectivity index (χ2n) is 9.43. The number of aliphatic hydroxyl groups is 1. The Balaban J connectivity index is 1.36. The average Bonchev–Trinajstić information content (AvgIpc) is 3.27. The summed E-state index contributed by atoms with van der Waals surface area (Å²) in [4.78, 5) is 19.0. The summed E-state index contributed by atoms with van der Waals surface area (Å²) in [6.45, 7) is 11.6. The van der Waals surface area contributed by atoms with Crippen LogP contribution < -0.4 is 15.4 Å². The van der Waals surface area contributed by atoms with Gasteiger partial charge in [-0.25, -0.2) is 4.98 Å². The van der Waals surface area contributed by atoms with Gasteiger partial charge in [0.05, 0.1) is 24.2 Å². The molecule has 1 amide bonds. The number of aromatic nitrogens is 4. The van der Waals surface area contributed by atoms with E-state index < -0.39 is 6.10 Å². The fraction of sp³-hybridized carbons (Fsp3) is 0.600. The third-order valence-corrected chi connectivity index (χ3v) is 6.33. The summed E-state index contributed by atoms with van der Waals surface area (Å²) in [5.74, 6) is 1.80. The van der Waals surface area contributed by atoms with Crippen LogP contribution in [0.4, 0.5) is 5.82 Å². The number of rotatable bonds is 12. The van der Waals surface area contributed by atoms with Crippen LogP contribution in [-0.4, -0.2) is 94.1 Å². The quantitative estimate of drug-likeness (QED) is 0.319. The second-order valence-corrected chi connectivity index (χ2v) is 9.43. The molecule has 4 rings (SSSR count). The first-order valence-electron chi connectivity index (χ1n) is 12.7. The fourth-order valence-electron chi connectivity index (χ4n) is 4.16. The Hall–Kier alpha value is -3.02. The Morgan fingerprint density at radius 1 is 1.19 bits per heavy atom. The minimum absolute atomic E-state index is 0.102. The summed E-state index contributed by atoms with van der Waals surface area (Å²) in [6, 6.07) is 5.90. The van der Waals surface area contributed by atoms with Crippen molar-refractivity contribution in [2.75, 3.05) is 57.9 Å². The second kappa shape index (κ2) is 12.3. The molecule has 2 aromatic heterocycles. The van der Waals surface area contributed by atoms with Gasteiger partial charge in [-0.2, -0.15) is 0 Å². The Labute approximate surface area is 211 Å². The molecule has 1 saturated heterocycles. The van der Waals surface area contributed by atoms with Crippen molar-refractivity contribution in [3.05, 3.63) is 24.0 Å². The van der Waals surface area contributed by atoms with Crippen LogP contribution in [0, 0.1) is 12.8 Å². The zero-order chi connectivity index (χ0) is 25.5. The predicted molar refractivity (Wildman–Crippen MR) is 137 cm³/mol. The summed E-state index contributed by atoms with van der Waals surface area (Å²) < 4.78 is 13.4. The van der Waals surface area contributed by atoms with E-state index in [4.69, 9.17) is 14.5 Å². The third kappa shape index (κ3) is 6.40. The number of benzene rings is 1. The van der Waals surface area contributed by atoms with Crippen LogP contribution in [-0.2, 0) is 9.53 Å². The number of carbonyl (C=O) groups is 1. The highest BCUT2D eigenvalue weighted by Gasteiger charge is 2.18. The molecule has 0 aliphatic carbocycles. The van der Waals surface area contributed by atoms with Crippen LogP contribution in [0.1, 0.15) is 32.5 Å². The van der Waals surface area contributed by atoms with Crippen molar-refractivity contribution < 1.29 is 19.4 Å². The standard InChI is InChI=1S/C25H37N7O4/c1-17(2)22(33)25(34)27-9-5-4-8-26-23-24-30-29-18(3)32(24)21-7-6-19(16-20(21)28-23)36-15-12-31-10-13-35-14-11-31/h6-7,16-17,22,33H,4-5,8-15H2,1-3H3,(H,26,28)(H,27,34). The number of anilines is 1. The fourth-order valence-corrected chi connectivity index (χ4v) is 4.16. The Morgan fingerprint density at radius 3 is 2.75 bits per heavy atom. The highest BCUT2D eigenvalue weighted by Crippen LogP contribution is 2.25. The lowest BCUT2D eigenvalue weighted by molar-refractivity contribution is -0.131. The minimum Gasteiger partial charge on any atom is -0.492 e. The van der Waals surface area contributed by atoms with Crippen LogP contribution in [0.3, 0.4) is 0 Å². The zero-order valence-corrected chi connectivity index (χ0v) is 21.4. The molecule has 0 spiro atoms. The van der Waals surface area contributed by atoms with Gasteiger partial charge in [-0.15, -0.1) is 10.2 Å². The lowest BCUT2D eigenvalue weighted by Gasteiger charge is -2.26. The number of hydrogen-bond acceptors (Lipinski definition) is 9. The molecule has 1 fully saturated rings. The molecule has 0 saturated carbocycles. The molecule has 1 aliphatic rings. The van der Waals surface area contributed by atoms with Crippen molar-refractivity contribution >= 4 is 28.4 Å². The molecular weight excluding hydrogens is 462 g/mol. The normalized spacial score (nSPS) is 15.5. The van der Waals surface area contributed by atoms with E-state index in [-0.39, 0.29) is 11.8 Å². The van der Waals surface area contributed by atoms with E-state index in [9.17, 15) is 9.90 Å². The van der Waals surface area contributed by atoms with Gasteiger partial charge in [0.1, 0.15) is 24.3 Å². The first-order valence-corrected chi connectivity index (χ1v) is 12.7. The van der Waals surface area contributed by atoms with Crippen molar-refractivity contribution in [1.29, 1.82) is 0 Å². The van der Waals surface area contributed by atoms with Crippen LogP contribution in [0.5, 0.6) is 5.75 Å². The summed E-state index contributed by atoms with van der Waals surface area (Å²) in [7, 11) is 0. The first-order chi connectivity index (χ1) is 17.4. The molecule has 3 heterocycles. The van der Waals surface area contributed by atoms with Gasteiger partial charge in [0.15, 0.2) is 5.82 Å². The van der Waals surface area contributed by atoms with Gasteiger partial charge in [0, 0.05) is 38.8 Å². The summed E-state index contributed by atoms with van der Waals surface area (Å²) >= 11 is 0. The summed E-state index contributed by atoms with van der Waals surface area (Å²) in [5.41, 5.74) is 2.39. The maximum absolute atomic E-state index is 11.9. The van der Waals surface area contributed by atoms with Crippen LogP contribution in [0.15, 0.2) is 18.2 Å². The SMILES string of the molecule is Cc1nnc2c(NCCCCNC(=O)C(O)C(C)C)nc3cc(OCCN4CCOCC4)ccc3n12. The number of fused-ring (bicyclic) bond motifs is 3. The van der Waals surface area contributed by atoms with E-state index in [1.165, 1.54) is 0 Å². The van der Waals surface area contributed by atoms with Crippen LogP contribution in [0.2, 0.25) is 0 Å². The molecule has 1 unspecified atom stereocenters. The molecule has 1 atom stereocenters. The molecule has 0 radical (unpaired) electrons. The van der Waals surface area contributed by atoms with Gasteiger partial charge in [0.2, 0.25) is 11.6 Å². The smallest absolute Gasteiger partial charge is 0.249 e. The Bertz CT molecular complexity index is 1160. The summed E-state index contributed by atoms with van der Waals surface area (Å²) in [5, 5.41) is 24.5. The van der Waals surface area contributed by atoms with E-state index >= 15 is 0 Å². The van der Waals surface area contributed by atoms with Crippen LogP contribution in [0.25, 0.3) is 16.7 Å².